The smallest absolute Gasteiger partial charge is 0.245 e. The number of nitrogens with one attached hydrogen (secondary N) is 1. The number of anilines is 1. The summed E-state index contributed by atoms with van der Waals surface area (Å²) in [5, 5.41) is 7.62. The number of para-hydroxylation sites is 1. The minimum Gasteiger partial charge on any atom is -0.333 e. The number of aromatic nitrogens is 2. The monoisotopic (exact) mass is 370 g/mol. The number of hydrogen-bond acceptors (Lipinski definition) is 3. The maximum Gasteiger partial charge on any atom is 0.245 e. The molecule has 1 aromatic heterocycles. The van der Waals surface area contributed by atoms with E-state index in [0.29, 0.717) is 12.4 Å². The van der Waals surface area contributed by atoms with Crippen LogP contribution < -0.4 is 5.32 Å². The average Bonchev–Trinajstić information content (AvgIpc) is 3.03. The highest BCUT2D eigenvalue weighted by atomic mass is 16.2. The van der Waals surface area contributed by atoms with Gasteiger partial charge in [-0.2, -0.15) is 5.10 Å². The second-order valence-electron chi connectivity index (χ2n) is 7.97. The fourth-order valence-electron chi connectivity index (χ4n) is 2.67. The van der Waals surface area contributed by atoms with Crippen LogP contribution in [-0.2, 0) is 15.0 Å². The van der Waals surface area contributed by atoms with Gasteiger partial charge in [-0.15, -0.1) is 0 Å². The largest absolute Gasteiger partial charge is 0.333 e. The van der Waals surface area contributed by atoms with Gasteiger partial charge in [0, 0.05) is 23.9 Å². The zero-order chi connectivity index (χ0) is 20.2. The molecule has 27 heavy (non-hydrogen) atoms. The van der Waals surface area contributed by atoms with Crippen molar-refractivity contribution in [1.29, 1.82) is 0 Å². The highest BCUT2D eigenvalue weighted by Gasteiger charge is 2.23. The molecule has 0 aliphatic heterocycles. The van der Waals surface area contributed by atoms with Gasteiger partial charge in [0.1, 0.15) is 5.82 Å². The first-order chi connectivity index (χ1) is 12.6. The lowest BCUT2D eigenvalue weighted by Crippen LogP contribution is -2.40. The summed E-state index contributed by atoms with van der Waals surface area (Å²) in [5.41, 5.74) is 1.60. The molecule has 2 aromatic rings. The molecule has 6 nitrogen and oxygen atoms in total. The van der Waals surface area contributed by atoms with Gasteiger partial charge in [-0.3, -0.25) is 9.59 Å². The van der Waals surface area contributed by atoms with Crippen molar-refractivity contribution in [2.75, 3.05) is 18.4 Å². The molecule has 0 aliphatic rings. The number of amides is 2. The predicted octanol–water partition coefficient (Wildman–Crippen LogP) is 3.61. The lowest BCUT2D eigenvalue weighted by atomic mass is 9.92. The molecule has 1 heterocycles. The average molecular weight is 370 g/mol. The van der Waals surface area contributed by atoms with Crippen LogP contribution in [0.5, 0.6) is 0 Å². The van der Waals surface area contributed by atoms with Crippen molar-refractivity contribution in [3.05, 3.63) is 42.1 Å². The van der Waals surface area contributed by atoms with E-state index in [1.807, 2.05) is 57.2 Å². The Morgan fingerprint density at radius 3 is 2.33 bits per heavy atom. The summed E-state index contributed by atoms with van der Waals surface area (Å²) in [7, 11) is 0. The Morgan fingerprint density at radius 2 is 1.81 bits per heavy atom. The summed E-state index contributed by atoms with van der Waals surface area (Å²) in [6.45, 7) is 12.3. The Morgan fingerprint density at radius 1 is 1.19 bits per heavy atom. The molecule has 0 radical (unpaired) electrons. The number of hydrogen-bond donors (Lipinski definition) is 1. The Kier molecular flexibility index (Phi) is 6.41. The molecule has 0 bridgehead atoms. The number of carbonyl (C=O) groups excluding carboxylic acids is 2. The molecule has 2 rings (SSSR count). The molecule has 0 saturated carbocycles. The van der Waals surface area contributed by atoms with Gasteiger partial charge < -0.3 is 10.2 Å². The van der Waals surface area contributed by atoms with E-state index in [1.165, 1.54) is 0 Å². The quantitative estimate of drug-likeness (QED) is 0.845. The van der Waals surface area contributed by atoms with Gasteiger partial charge in [0.25, 0.3) is 0 Å². The summed E-state index contributed by atoms with van der Waals surface area (Å²) in [5.74, 6) is 0.201. The van der Waals surface area contributed by atoms with Crippen LogP contribution in [0, 0.1) is 5.92 Å². The Balaban J connectivity index is 2.28. The van der Waals surface area contributed by atoms with E-state index in [4.69, 9.17) is 0 Å². The summed E-state index contributed by atoms with van der Waals surface area (Å²) in [4.78, 5) is 26.4. The van der Waals surface area contributed by atoms with E-state index < -0.39 is 0 Å². The topological polar surface area (TPSA) is 67.2 Å². The van der Waals surface area contributed by atoms with Crippen LogP contribution in [0.4, 0.5) is 5.82 Å². The third-order valence-electron chi connectivity index (χ3n) is 4.27. The molecule has 0 fully saturated rings. The molecule has 0 atom stereocenters. The molecule has 1 N–H and O–H groups in total. The van der Waals surface area contributed by atoms with Gasteiger partial charge in [0.05, 0.1) is 17.9 Å². The van der Waals surface area contributed by atoms with Crippen LogP contribution in [-0.4, -0.2) is 39.6 Å². The molecule has 2 amide bonds. The van der Waals surface area contributed by atoms with Crippen molar-refractivity contribution < 1.29 is 9.59 Å². The number of rotatable bonds is 6. The normalized spacial score (nSPS) is 11.5. The van der Waals surface area contributed by atoms with Crippen LogP contribution in [0.15, 0.2) is 36.4 Å². The van der Waals surface area contributed by atoms with E-state index in [9.17, 15) is 9.59 Å². The maximum atomic E-state index is 12.6. The molecule has 6 heteroatoms. The van der Waals surface area contributed by atoms with Crippen molar-refractivity contribution in [3.63, 3.8) is 0 Å². The third-order valence-corrected chi connectivity index (χ3v) is 4.27. The fourth-order valence-corrected chi connectivity index (χ4v) is 2.67. The Bertz CT molecular complexity index is 788. The molecule has 146 valence electrons. The van der Waals surface area contributed by atoms with Crippen LogP contribution in [0.3, 0.4) is 0 Å². The minimum atomic E-state index is -0.233. The Hall–Kier alpha value is -2.63. The van der Waals surface area contributed by atoms with E-state index >= 15 is 0 Å². The molecule has 0 unspecified atom stereocenters. The molecular formula is C21H30N4O2. The predicted molar refractivity (Wildman–Crippen MR) is 108 cm³/mol. The first-order valence-corrected chi connectivity index (χ1v) is 9.38. The summed E-state index contributed by atoms with van der Waals surface area (Å²) >= 11 is 0. The SMILES string of the molecule is CCN(CC(=O)Nc1cc(C(C)(C)C)nn1-c1ccccc1)C(=O)C(C)C. The van der Waals surface area contributed by atoms with E-state index in [0.717, 1.165) is 11.4 Å². The van der Waals surface area contributed by atoms with Gasteiger partial charge in [-0.25, -0.2) is 4.68 Å². The summed E-state index contributed by atoms with van der Waals surface area (Å²) < 4.78 is 1.74. The first kappa shape index (κ1) is 20.7. The number of likely N-dealkylation sites (N-methyl/N-ethyl adjacent to an activating group) is 1. The van der Waals surface area contributed by atoms with Crippen molar-refractivity contribution in [2.45, 2.75) is 47.0 Å². The second kappa shape index (κ2) is 8.37. The van der Waals surface area contributed by atoms with Crippen LogP contribution in [0.1, 0.15) is 47.2 Å². The van der Waals surface area contributed by atoms with Crippen LogP contribution in [0.25, 0.3) is 5.69 Å². The zero-order valence-electron chi connectivity index (χ0n) is 17.1. The highest BCUT2D eigenvalue weighted by molar-refractivity contribution is 5.94. The number of carbonyl (C=O) groups is 2. The van der Waals surface area contributed by atoms with Gasteiger partial charge >= 0.3 is 0 Å². The lowest BCUT2D eigenvalue weighted by molar-refractivity contribution is -0.137. The fraction of sp³-hybridized carbons (Fsp3) is 0.476. The lowest BCUT2D eigenvalue weighted by Gasteiger charge is -2.22. The van der Waals surface area contributed by atoms with Crippen molar-refractivity contribution in [2.24, 2.45) is 5.92 Å². The van der Waals surface area contributed by atoms with E-state index in [1.54, 1.807) is 9.58 Å². The van der Waals surface area contributed by atoms with Gasteiger partial charge in [-0.05, 0) is 19.1 Å². The zero-order valence-corrected chi connectivity index (χ0v) is 17.1. The Labute approximate surface area is 161 Å². The summed E-state index contributed by atoms with van der Waals surface area (Å²) in [6, 6.07) is 11.6. The minimum absolute atomic E-state index is 0.0261. The standard InChI is InChI=1S/C21H30N4O2/c1-7-24(20(27)15(2)3)14-19(26)22-18-13-17(21(4,5)6)23-25(18)16-11-9-8-10-12-16/h8-13,15H,7,14H2,1-6H3,(H,22,26). The molecule has 0 saturated heterocycles. The van der Waals surface area contributed by atoms with Gasteiger partial charge in [0.15, 0.2) is 0 Å². The number of nitrogens with zero attached hydrogens (tertiary/aromatic N) is 3. The van der Waals surface area contributed by atoms with Crippen molar-refractivity contribution in [1.82, 2.24) is 14.7 Å². The highest BCUT2D eigenvalue weighted by Crippen LogP contribution is 2.26. The molecule has 0 spiro atoms. The van der Waals surface area contributed by atoms with E-state index in [2.05, 4.69) is 31.2 Å². The van der Waals surface area contributed by atoms with Crippen molar-refractivity contribution >= 4 is 17.6 Å². The van der Waals surface area contributed by atoms with Crippen LogP contribution in [0.2, 0.25) is 0 Å². The second-order valence-corrected chi connectivity index (χ2v) is 7.97. The van der Waals surface area contributed by atoms with Crippen LogP contribution >= 0.6 is 0 Å². The maximum absolute atomic E-state index is 12.6. The summed E-state index contributed by atoms with van der Waals surface area (Å²) in [6.07, 6.45) is 0. The molecular weight excluding hydrogens is 340 g/mol. The molecule has 1 aromatic carbocycles. The first-order valence-electron chi connectivity index (χ1n) is 9.38. The van der Waals surface area contributed by atoms with E-state index in [-0.39, 0.29) is 29.7 Å². The molecule has 0 aliphatic carbocycles. The van der Waals surface area contributed by atoms with Gasteiger partial charge in [-0.1, -0.05) is 52.8 Å². The van der Waals surface area contributed by atoms with Crippen molar-refractivity contribution in [3.8, 4) is 5.69 Å². The number of benzene rings is 1. The third kappa shape index (κ3) is 5.18. The van der Waals surface area contributed by atoms with Gasteiger partial charge in [0.2, 0.25) is 11.8 Å².